The van der Waals surface area contributed by atoms with Gasteiger partial charge in [-0.25, -0.2) is 0 Å². The first-order valence-electron chi connectivity index (χ1n) is 25.5. The number of rotatable bonds is 4. The highest BCUT2D eigenvalue weighted by Crippen LogP contribution is 2.53. The van der Waals surface area contributed by atoms with Gasteiger partial charge in [0.1, 0.15) is 0 Å². The molecule has 0 atom stereocenters. The van der Waals surface area contributed by atoms with E-state index < -0.39 is 0 Å². The van der Waals surface area contributed by atoms with E-state index in [2.05, 4.69) is 234 Å². The van der Waals surface area contributed by atoms with E-state index in [0.717, 1.165) is 0 Å². The summed E-state index contributed by atoms with van der Waals surface area (Å²) < 4.78 is 0. The lowest BCUT2D eigenvalue weighted by Crippen LogP contribution is -2.62. The third-order valence-corrected chi connectivity index (χ3v) is 17.2. The number of aryl methyl sites for hydroxylation is 3. The van der Waals surface area contributed by atoms with Crippen LogP contribution in [-0.4, -0.2) is 6.71 Å². The molecule has 3 heteroatoms. The molecule has 0 saturated heterocycles. The molecule has 2 nitrogen and oxygen atoms in total. The van der Waals surface area contributed by atoms with Crippen molar-refractivity contribution in [1.82, 2.24) is 0 Å². The molecule has 4 aliphatic rings. The summed E-state index contributed by atoms with van der Waals surface area (Å²) >= 11 is 0. The molecule has 0 fully saturated rings. The van der Waals surface area contributed by atoms with Crippen molar-refractivity contribution in [3.8, 4) is 22.3 Å². The Kier molecular flexibility index (Phi) is 9.93. The zero-order valence-electron chi connectivity index (χ0n) is 43.4. The first kappa shape index (κ1) is 44.7. The SMILES string of the molecule is Cc1cc2c3c(c1)N(c1cccc(-c4ccc(-c5ccccc5C)c(C)c4)c1)c1cc4c(cc1B3c1cc3c(cc1N2c1ccc(C(C)(C)C)cc1)C(C)(C)CCC3(C)C)C(C)(C)CCC4(C)C. The molecule has 7 aromatic carbocycles. The Bertz CT molecular complexity index is 3210. The monoisotopic (exact) mass is 891 g/mol. The number of hydrogen-bond donors (Lipinski definition) is 0. The Morgan fingerprint density at radius 1 is 0.426 bits per heavy atom. The van der Waals surface area contributed by atoms with Crippen molar-refractivity contribution in [3.05, 3.63) is 172 Å². The predicted octanol–water partition coefficient (Wildman–Crippen LogP) is 16.0. The normalized spacial score (nSPS) is 18.0. The molecule has 68 heavy (non-hydrogen) atoms. The molecule has 7 aromatic rings. The summed E-state index contributed by atoms with van der Waals surface area (Å²) in [6.45, 7) is 33.7. The Morgan fingerprint density at radius 2 is 0.912 bits per heavy atom. The van der Waals surface area contributed by atoms with E-state index in [0.29, 0.717) is 0 Å². The third kappa shape index (κ3) is 6.95. The second kappa shape index (κ2) is 15.1. The maximum Gasteiger partial charge on any atom is 0.252 e. The molecule has 0 saturated carbocycles. The molecule has 2 heterocycles. The predicted molar refractivity (Wildman–Crippen MR) is 295 cm³/mol. The van der Waals surface area contributed by atoms with Gasteiger partial charge in [-0.1, -0.05) is 155 Å². The molecule has 0 unspecified atom stereocenters. The zero-order valence-corrected chi connectivity index (χ0v) is 43.4. The second-order valence-corrected chi connectivity index (χ2v) is 25.0. The van der Waals surface area contributed by atoms with Gasteiger partial charge in [0.2, 0.25) is 0 Å². The minimum absolute atomic E-state index is 0.0526. The van der Waals surface area contributed by atoms with E-state index in [1.807, 2.05) is 0 Å². The maximum atomic E-state index is 2.69. The van der Waals surface area contributed by atoms with Crippen LogP contribution in [0.1, 0.15) is 146 Å². The van der Waals surface area contributed by atoms with Crippen LogP contribution < -0.4 is 26.2 Å². The van der Waals surface area contributed by atoms with Gasteiger partial charge in [0, 0.05) is 34.1 Å². The summed E-state index contributed by atoms with van der Waals surface area (Å²) in [6.07, 6.45) is 4.71. The average Bonchev–Trinajstić information content (AvgIpc) is 3.28. The zero-order chi connectivity index (χ0) is 48.0. The molecule has 0 spiro atoms. The van der Waals surface area contributed by atoms with E-state index in [9.17, 15) is 0 Å². The minimum atomic E-state index is 0.0526. The van der Waals surface area contributed by atoms with Crippen LogP contribution in [0.25, 0.3) is 22.3 Å². The highest BCUT2D eigenvalue weighted by atomic mass is 15.2. The Morgan fingerprint density at radius 3 is 1.43 bits per heavy atom. The van der Waals surface area contributed by atoms with E-state index >= 15 is 0 Å². The van der Waals surface area contributed by atoms with Crippen LogP contribution in [-0.2, 0) is 27.1 Å². The summed E-state index contributed by atoms with van der Waals surface area (Å²) in [5.74, 6) is 0. The van der Waals surface area contributed by atoms with Gasteiger partial charge in [0.05, 0.1) is 0 Å². The molecule has 0 bridgehead atoms. The van der Waals surface area contributed by atoms with Gasteiger partial charge >= 0.3 is 0 Å². The van der Waals surface area contributed by atoms with E-state index in [4.69, 9.17) is 0 Å². The molecule has 2 aliphatic heterocycles. The van der Waals surface area contributed by atoms with Crippen molar-refractivity contribution in [2.75, 3.05) is 9.80 Å². The largest absolute Gasteiger partial charge is 0.311 e. The van der Waals surface area contributed by atoms with Crippen LogP contribution in [0.4, 0.5) is 34.1 Å². The molecule has 2 aliphatic carbocycles. The molecular formula is C65H71BN2. The van der Waals surface area contributed by atoms with Crippen LogP contribution in [0.2, 0.25) is 0 Å². The van der Waals surface area contributed by atoms with Crippen molar-refractivity contribution < 1.29 is 0 Å². The van der Waals surface area contributed by atoms with Gasteiger partial charge < -0.3 is 9.80 Å². The van der Waals surface area contributed by atoms with Crippen LogP contribution >= 0.6 is 0 Å². The minimum Gasteiger partial charge on any atom is -0.311 e. The van der Waals surface area contributed by atoms with Crippen molar-refractivity contribution in [3.63, 3.8) is 0 Å². The molecule has 0 N–H and O–H groups in total. The fourth-order valence-electron chi connectivity index (χ4n) is 12.8. The smallest absolute Gasteiger partial charge is 0.252 e. The summed E-state index contributed by atoms with van der Waals surface area (Å²) in [5.41, 5.74) is 28.5. The number of hydrogen-bond acceptors (Lipinski definition) is 2. The molecule has 0 radical (unpaired) electrons. The standard InChI is InChI=1S/C65H71BN2/c1-40-32-58-60-59(33-40)68(47-20-17-19-43(35-47)44-22-27-49(42(3)34-44)48-21-16-15-18-41(48)2)57-39-53-51(63(9,10)29-31-65(53,13)14)37-55(57)66(60)54-36-50-52(64(11,12)30-28-62(50,7)8)38-56(54)67(58)46-25-23-45(24-26-46)61(4,5)6/h15-27,32-39H,28-31H2,1-14H3. The maximum absolute atomic E-state index is 2.69. The molecule has 0 aromatic heterocycles. The third-order valence-electron chi connectivity index (χ3n) is 17.2. The second-order valence-electron chi connectivity index (χ2n) is 25.0. The number of nitrogens with zero attached hydrogens (tertiary/aromatic N) is 2. The van der Waals surface area contributed by atoms with Crippen molar-refractivity contribution >= 4 is 57.2 Å². The fourth-order valence-corrected chi connectivity index (χ4v) is 12.8. The quantitative estimate of drug-likeness (QED) is 0.162. The van der Waals surface area contributed by atoms with Gasteiger partial charge in [-0.05, 0) is 205 Å². The Balaban J connectivity index is 1.20. The van der Waals surface area contributed by atoms with Crippen molar-refractivity contribution in [1.29, 1.82) is 0 Å². The van der Waals surface area contributed by atoms with E-state index in [-0.39, 0.29) is 33.8 Å². The lowest BCUT2D eigenvalue weighted by molar-refractivity contribution is 0.332. The highest BCUT2D eigenvalue weighted by Gasteiger charge is 2.48. The average molecular weight is 891 g/mol. The summed E-state index contributed by atoms with van der Waals surface area (Å²) in [6, 6.07) is 50.4. The molecule has 0 amide bonds. The summed E-state index contributed by atoms with van der Waals surface area (Å²) in [4.78, 5) is 5.30. The van der Waals surface area contributed by atoms with Crippen molar-refractivity contribution in [2.24, 2.45) is 0 Å². The molecule has 11 rings (SSSR count). The first-order valence-corrected chi connectivity index (χ1v) is 25.5. The number of anilines is 6. The van der Waals surface area contributed by atoms with Gasteiger partial charge in [0.25, 0.3) is 6.71 Å². The van der Waals surface area contributed by atoms with Gasteiger partial charge in [-0.15, -0.1) is 0 Å². The Hall–Kier alpha value is -5.80. The van der Waals surface area contributed by atoms with Gasteiger partial charge in [-0.3, -0.25) is 0 Å². The van der Waals surface area contributed by atoms with Gasteiger partial charge in [0.15, 0.2) is 0 Å². The fraction of sp³-hybridized carbons (Fsp3) is 0.354. The van der Waals surface area contributed by atoms with Crippen LogP contribution in [0.15, 0.2) is 127 Å². The lowest BCUT2D eigenvalue weighted by atomic mass is 9.32. The number of benzene rings is 7. The van der Waals surface area contributed by atoms with Crippen molar-refractivity contribution in [2.45, 2.75) is 150 Å². The van der Waals surface area contributed by atoms with Crippen LogP contribution in [0, 0.1) is 20.8 Å². The van der Waals surface area contributed by atoms with E-state index in [1.54, 1.807) is 0 Å². The summed E-state index contributed by atoms with van der Waals surface area (Å²) in [7, 11) is 0. The highest BCUT2D eigenvalue weighted by molar-refractivity contribution is 7.00. The first-order chi connectivity index (χ1) is 32.0. The Labute approximate surface area is 408 Å². The van der Waals surface area contributed by atoms with Gasteiger partial charge in [-0.2, -0.15) is 0 Å². The number of fused-ring (bicyclic) bond motifs is 6. The lowest BCUT2D eigenvalue weighted by Gasteiger charge is -2.49. The van der Waals surface area contributed by atoms with Crippen LogP contribution in [0.5, 0.6) is 0 Å². The summed E-state index contributed by atoms with van der Waals surface area (Å²) in [5, 5.41) is 0. The van der Waals surface area contributed by atoms with E-state index in [1.165, 1.54) is 143 Å². The molecular weight excluding hydrogens is 820 g/mol. The molecule has 344 valence electrons. The topological polar surface area (TPSA) is 6.48 Å². The van der Waals surface area contributed by atoms with Crippen LogP contribution in [0.3, 0.4) is 0 Å².